The number of halogens is 1. The largest absolute Gasteiger partial charge is 0.369 e. The summed E-state index contributed by atoms with van der Waals surface area (Å²) in [4.78, 5) is 21.4. The first kappa shape index (κ1) is 10.2. The summed E-state index contributed by atoms with van der Waals surface area (Å²) in [7, 11) is 0. The van der Waals surface area contributed by atoms with Gasteiger partial charge in [0.15, 0.2) is 0 Å². The van der Waals surface area contributed by atoms with E-state index in [1.54, 1.807) is 0 Å². The van der Waals surface area contributed by atoms with Gasteiger partial charge in [-0.05, 0) is 12.8 Å². The summed E-state index contributed by atoms with van der Waals surface area (Å²) in [5, 5.41) is 0. The van der Waals surface area contributed by atoms with Crippen LogP contribution in [0.25, 0.3) is 0 Å². The van der Waals surface area contributed by atoms with E-state index in [2.05, 4.69) is 0 Å². The highest BCUT2D eigenvalue weighted by molar-refractivity contribution is 6.06. The van der Waals surface area contributed by atoms with E-state index in [-0.39, 0.29) is 12.4 Å². The normalized spacial score (nSPS) is 17.9. The first-order chi connectivity index (χ1) is 4.63. The van der Waals surface area contributed by atoms with Crippen LogP contribution in [-0.4, -0.2) is 11.8 Å². The van der Waals surface area contributed by atoms with Crippen LogP contribution in [0.4, 0.5) is 0 Å². The van der Waals surface area contributed by atoms with Crippen LogP contribution >= 0.6 is 12.4 Å². The average molecular weight is 180 g/mol. The van der Waals surface area contributed by atoms with Crippen LogP contribution in [0.2, 0.25) is 0 Å². The van der Waals surface area contributed by atoms with Crippen molar-refractivity contribution >= 4 is 24.2 Å². The van der Waals surface area contributed by atoms with Gasteiger partial charge in [-0.3, -0.25) is 15.0 Å². The molecule has 1 aliphatic rings. The second-order valence-corrected chi connectivity index (χ2v) is 2.42. The van der Waals surface area contributed by atoms with Gasteiger partial charge < -0.3 is 5.73 Å². The van der Waals surface area contributed by atoms with E-state index < -0.39 is 17.2 Å². The summed E-state index contributed by atoms with van der Waals surface area (Å²) in [5.74, 6) is 3.77. The number of carbonyl (C=O) groups excluding carboxylic acids is 2. The molecule has 0 aromatic carbocycles. The number of primary amides is 1. The van der Waals surface area contributed by atoms with Crippen LogP contribution in [0.3, 0.4) is 0 Å². The van der Waals surface area contributed by atoms with Crippen molar-refractivity contribution in [2.24, 2.45) is 17.0 Å². The van der Waals surface area contributed by atoms with Crippen molar-refractivity contribution in [3.8, 4) is 0 Å². The molecule has 0 aromatic rings. The highest BCUT2D eigenvalue weighted by Gasteiger charge is 2.55. The molecule has 5 N–H and O–H groups in total. The molecule has 2 amide bonds. The van der Waals surface area contributed by atoms with Gasteiger partial charge in [0.1, 0.15) is 5.41 Å². The Kier molecular flexibility index (Phi) is 2.84. The molecule has 0 aromatic heterocycles. The Labute approximate surface area is 69.9 Å². The molecule has 0 aliphatic heterocycles. The lowest BCUT2D eigenvalue weighted by Gasteiger charge is -2.06. The van der Waals surface area contributed by atoms with E-state index in [0.717, 1.165) is 0 Å². The molecule has 0 bridgehead atoms. The topological polar surface area (TPSA) is 98.2 Å². The van der Waals surface area contributed by atoms with Gasteiger partial charge >= 0.3 is 0 Å². The quantitative estimate of drug-likeness (QED) is 0.212. The third kappa shape index (κ3) is 1.44. The maximum atomic E-state index is 10.8. The Balaban J connectivity index is 0.000001000. The van der Waals surface area contributed by atoms with Crippen molar-refractivity contribution in [2.75, 3.05) is 0 Å². The van der Waals surface area contributed by atoms with Gasteiger partial charge in [-0.15, -0.1) is 12.4 Å². The molecule has 1 fully saturated rings. The third-order valence-corrected chi connectivity index (χ3v) is 1.79. The minimum Gasteiger partial charge on any atom is -0.369 e. The molecule has 0 heterocycles. The molecule has 0 spiro atoms. The maximum Gasteiger partial charge on any atom is 0.249 e. The lowest BCUT2D eigenvalue weighted by atomic mass is 10.1. The van der Waals surface area contributed by atoms with Crippen LogP contribution in [0.15, 0.2) is 0 Å². The van der Waals surface area contributed by atoms with E-state index in [1.165, 1.54) is 0 Å². The predicted molar refractivity (Wildman–Crippen MR) is 40.4 cm³/mol. The molecule has 64 valence electrons. The Hall–Kier alpha value is -0.810. The second-order valence-electron chi connectivity index (χ2n) is 2.42. The van der Waals surface area contributed by atoms with E-state index in [1.807, 2.05) is 5.43 Å². The van der Waals surface area contributed by atoms with Crippen LogP contribution in [-0.2, 0) is 9.59 Å². The molecular formula is C5H10ClN3O2. The van der Waals surface area contributed by atoms with Gasteiger partial charge in [0.05, 0.1) is 0 Å². The number of nitrogens with two attached hydrogens (primary N) is 2. The molecule has 1 rings (SSSR count). The molecular weight excluding hydrogens is 170 g/mol. The summed E-state index contributed by atoms with van der Waals surface area (Å²) >= 11 is 0. The Morgan fingerprint density at radius 1 is 1.36 bits per heavy atom. The fraction of sp³-hybridized carbons (Fsp3) is 0.600. The lowest BCUT2D eigenvalue weighted by Crippen LogP contribution is -2.43. The van der Waals surface area contributed by atoms with Gasteiger partial charge in [-0.1, -0.05) is 0 Å². The monoisotopic (exact) mass is 179 g/mol. The molecule has 5 nitrogen and oxygen atoms in total. The first-order valence-corrected chi connectivity index (χ1v) is 2.94. The molecule has 0 radical (unpaired) electrons. The van der Waals surface area contributed by atoms with E-state index in [0.29, 0.717) is 12.8 Å². The summed E-state index contributed by atoms with van der Waals surface area (Å²) in [6.45, 7) is 0. The van der Waals surface area contributed by atoms with Crippen molar-refractivity contribution < 1.29 is 9.59 Å². The molecule has 1 saturated carbocycles. The predicted octanol–water partition coefficient (Wildman–Crippen LogP) is -1.34. The summed E-state index contributed by atoms with van der Waals surface area (Å²) < 4.78 is 0. The zero-order valence-corrected chi connectivity index (χ0v) is 6.61. The molecule has 0 saturated heterocycles. The molecule has 0 unspecified atom stereocenters. The van der Waals surface area contributed by atoms with Gasteiger partial charge in [-0.2, -0.15) is 0 Å². The minimum absolute atomic E-state index is 0. The Morgan fingerprint density at radius 3 is 1.91 bits per heavy atom. The average Bonchev–Trinajstić information content (AvgIpc) is 2.65. The number of hydrazine groups is 1. The molecule has 11 heavy (non-hydrogen) atoms. The summed E-state index contributed by atoms with van der Waals surface area (Å²) in [5.41, 5.74) is 5.89. The number of hydrogen-bond acceptors (Lipinski definition) is 3. The lowest BCUT2D eigenvalue weighted by molar-refractivity contribution is -0.135. The number of nitrogens with one attached hydrogen (secondary N) is 1. The van der Waals surface area contributed by atoms with Gasteiger partial charge in [-0.25, -0.2) is 5.84 Å². The van der Waals surface area contributed by atoms with Crippen LogP contribution in [0, 0.1) is 5.41 Å². The van der Waals surface area contributed by atoms with Crippen molar-refractivity contribution in [1.82, 2.24) is 5.43 Å². The fourth-order valence-electron chi connectivity index (χ4n) is 0.849. The van der Waals surface area contributed by atoms with E-state index in [4.69, 9.17) is 11.6 Å². The van der Waals surface area contributed by atoms with E-state index in [9.17, 15) is 9.59 Å². The zero-order valence-electron chi connectivity index (χ0n) is 5.79. The van der Waals surface area contributed by atoms with Gasteiger partial charge in [0.2, 0.25) is 11.8 Å². The SMILES string of the molecule is Cl.NNC(=O)C1(C(N)=O)CC1. The van der Waals surface area contributed by atoms with Crippen LogP contribution in [0.5, 0.6) is 0 Å². The van der Waals surface area contributed by atoms with Gasteiger partial charge in [0.25, 0.3) is 0 Å². The maximum absolute atomic E-state index is 10.8. The van der Waals surface area contributed by atoms with Crippen molar-refractivity contribution in [1.29, 1.82) is 0 Å². The molecule has 0 atom stereocenters. The third-order valence-electron chi connectivity index (χ3n) is 1.79. The smallest absolute Gasteiger partial charge is 0.249 e. The van der Waals surface area contributed by atoms with Crippen LogP contribution < -0.4 is 17.0 Å². The van der Waals surface area contributed by atoms with Crippen LogP contribution in [0.1, 0.15) is 12.8 Å². The number of rotatable bonds is 2. The molecule has 6 heteroatoms. The second kappa shape index (κ2) is 3.06. The highest BCUT2D eigenvalue weighted by Crippen LogP contribution is 2.45. The number of amides is 2. The standard InChI is InChI=1S/C5H9N3O2.ClH/c6-3(9)5(1-2-5)4(10)8-7;/h1-2,7H2,(H2,6,9)(H,8,10);1H. The summed E-state index contributed by atoms with van der Waals surface area (Å²) in [6, 6.07) is 0. The van der Waals surface area contributed by atoms with Gasteiger partial charge in [0, 0.05) is 0 Å². The van der Waals surface area contributed by atoms with E-state index >= 15 is 0 Å². The number of hydrogen-bond donors (Lipinski definition) is 3. The first-order valence-electron chi connectivity index (χ1n) is 2.94. The summed E-state index contributed by atoms with van der Waals surface area (Å²) in [6.07, 6.45) is 1.04. The van der Waals surface area contributed by atoms with Crippen molar-refractivity contribution in [3.63, 3.8) is 0 Å². The minimum atomic E-state index is -0.977. The number of carbonyl (C=O) groups is 2. The highest BCUT2D eigenvalue weighted by atomic mass is 35.5. The van der Waals surface area contributed by atoms with Crippen molar-refractivity contribution in [3.05, 3.63) is 0 Å². The Bertz CT molecular complexity index is 190. The fourth-order valence-corrected chi connectivity index (χ4v) is 0.849. The zero-order chi connectivity index (χ0) is 7.78. The van der Waals surface area contributed by atoms with Crippen molar-refractivity contribution in [2.45, 2.75) is 12.8 Å². The Morgan fingerprint density at radius 2 is 1.82 bits per heavy atom. The molecule has 1 aliphatic carbocycles.